The Bertz CT molecular complexity index is 633. The van der Waals surface area contributed by atoms with Crippen molar-refractivity contribution < 1.29 is 9.21 Å². The van der Waals surface area contributed by atoms with E-state index in [0.717, 1.165) is 12.1 Å². The molecule has 1 unspecified atom stereocenters. The van der Waals surface area contributed by atoms with E-state index >= 15 is 0 Å². The molecule has 0 saturated carbocycles. The van der Waals surface area contributed by atoms with Crippen molar-refractivity contribution in [1.82, 2.24) is 5.32 Å². The third kappa shape index (κ3) is 2.02. The van der Waals surface area contributed by atoms with Gasteiger partial charge in [0.25, 0.3) is 5.91 Å². The molecule has 2 heterocycles. The maximum Gasteiger partial charge on any atom is 0.261 e. The quantitative estimate of drug-likeness (QED) is 0.912. The van der Waals surface area contributed by atoms with E-state index < -0.39 is 0 Å². The molecule has 0 fully saturated rings. The largest absolute Gasteiger partial charge is 0.469 e. The molecule has 0 bridgehead atoms. The van der Waals surface area contributed by atoms with Gasteiger partial charge in [0.1, 0.15) is 5.76 Å². The first-order valence-corrected chi connectivity index (χ1v) is 6.84. The number of nitrogens with one attached hydrogen (secondary N) is 1. The summed E-state index contributed by atoms with van der Waals surface area (Å²) in [6, 6.07) is 10.1. The summed E-state index contributed by atoms with van der Waals surface area (Å²) < 4.78 is 5.25. The maximum atomic E-state index is 12.7. The third-order valence-electron chi connectivity index (χ3n) is 3.93. The summed E-state index contributed by atoms with van der Waals surface area (Å²) in [5.74, 6) is 0.682. The second-order valence-corrected chi connectivity index (χ2v) is 5.04. The van der Waals surface area contributed by atoms with E-state index in [9.17, 15) is 4.79 Å². The van der Waals surface area contributed by atoms with Crippen LogP contribution in [0.15, 0.2) is 41.0 Å². The molecule has 0 aliphatic carbocycles. The van der Waals surface area contributed by atoms with Gasteiger partial charge in [-0.25, -0.2) is 0 Å². The van der Waals surface area contributed by atoms with Gasteiger partial charge in [-0.05, 0) is 38.1 Å². The van der Waals surface area contributed by atoms with Gasteiger partial charge in [0.05, 0.1) is 11.8 Å². The molecule has 0 radical (unpaired) electrons. The smallest absolute Gasteiger partial charge is 0.261 e. The minimum absolute atomic E-state index is 0.0123. The average Bonchev–Trinajstić information content (AvgIpc) is 2.91. The van der Waals surface area contributed by atoms with Crippen LogP contribution in [0.4, 0.5) is 5.69 Å². The molecular formula is C16H18N2O2. The van der Waals surface area contributed by atoms with Crippen LogP contribution >= 0.6 is 0 Å². The maximum absolute atomic E-state index is 12.7. The molecule has 4 nitrogen and oxygen atoms in total. The van der Waals surface area contributed by atoms with E-state index in [-0.39, 0.29) is 5.91 Å². The van der Waals surface area contributed by atoms with Crippen LogP contribution < -0.4 is 10.2 Å². The highest BCUT2D eigenvalue weighted by molar-refractivity contribution is 6.07. The summed E-state index contributed by atoms with van der Waals surface area (Å²) in [5, 5.41) is 3.31. The van der Waals surface area contributed by atoms with Crippen LogP contribution in [0.5, 0.6) is 0 Å². The van der Waals surface area contributed by atoms with Crippen molar-refractivity contribution in [2.75, 3.05) is 18.5 Å². The molecule has 104 valence electrons. The van der Waals surface area contributed by atoms with Gasteiger partial charge in [-0.2, -0.15) is 0 Å². The first-order valence-electron chi connectivity index (χ1n) is 6.84. The molecule has 1 aromatic heterocycles. The number of carbonyl (C=O) groups is 1. The number of aryl methyl sites for hydroxylation is 1. The fraction of sp³-hybridized carbons (Fsp3) is 0.312. The van der Waals surface area contributed by atoms with Crippen molar-refractivity contribution >= 4 is 11.6 Å². The average molecular weight is 270 g/mol. The molecular weight excluding hydrogens is 252 g/mol. The minimum atomic E-state index is 0.0123. The Hall–Kier alpha value is -2.07. The van der Waals surface area contributed by atoms with Crippen LogP contribution in [0, 0.1) is 6.92 Å². The van der Waals surface area contributed by atoms with E-state index in [1.54, 1.807) is 12.3 Å². The first kappa shape index (κ1) is 12.9. The summed E-state index contributed by atoms with van der Waals surface area (Å²) in [4.78, 5) is 14.5. The Morgan fingerprint density at radius 2 is 2.15 bits per heavy atom. The molecule has 2 aromatic rings. The van der Waals surface area contributed by atoms with E-state index in [0.29, 0.717) is 23.9 Å². The van der Waals surface area contributed by atoms with Crippen molar-refractivity contribution in [2.45, 2.75) is 19.4 Å². The Kier molecular flexibility index (Phi) is 3.32. The predicted octanol–water partition coefficient (Wildman–Crippen LogP) is 2.90. The highest BCUT2D eigenvalue weighted by atomic mass is 16.3. The Balaban J connectivity index is 2.00. The van der Waals surface area contributed by atoms with Crippen LogP contribution in [0.25, 0.3) is 0 Å². The van der Waals surface area contributed by atoms with Crippen LogP contribution in [-0.2, 0) is 0 Å². The van der Waals surface area contributed by atoms with E-state index in [2.05, 4.69) is 11.4 Å². The van der Waals surface area contributed by atoms with Gasteiger partial charge in [0.2, 0.25) is 0 Å². The van der Waals surface area contributed by atoms with Crippen molar-refractivity contribution in [3.05, 3.63) is 53.5 Å². The molecule has 1 aromatic carbocycles. The van der Waals surface area contributed by atoms with Crippen LogP contribution in [0.1, 0.15) is 34.1 Å². The van der Waals surface area contributed by atoms with Gasteiger partial charge in [-0.1, -0.05) is 18.2 Å². The number of fused-ring (bicyclic) bond motifs is 1. The zero-order valence-corrected chi connectivity index (χ0v) is 11.7. The van der Waals surface area contributed by atoms with Gasteiger partial charge < -0.3 is 14.6 Å². The number of nitrogens with zero attached hydrogens (tertiary/aromatic N) is 1. The first-order chi connectivity index (χ1) is 9.72. The van der Waals surface area contributed by atoms with E-state index in [4.69, 9.17) is 4.42 Å². The summed E-state index contributed by atoms with van der Waals surface area (Å²) in [6.07, 6.45) is 2.48. The topological polar surface area (TPSA) is 45.5 Å². The van der Waals surface area contributed by atoms with Crippen molar-refractivity contribution in [3.8, 4) is 0 Å². The Labute approximate surface area is 118 Å². The van der Waals surface area contributed by atoms with Crippen molar-refractivity contribution in [1.29, 1.82) is 0 Å². The summed E-state index contributed by atoms with van der Waals surface area (Å²) in [7, 11) is 1.96. The number of carbonyl (C=O) groups excluding carboxylic acids is 1. The van der Waals surface area contributed by atoms with Crippen molar-refractivity contribution in [2.24, 2.45) is 0 Å². The van der Waals surface area contributed by atoms with Gasteiger partial charge in [0.15, 0.2) is 0 Å². The zero-order chi connectivity index (χ0) is 14.1. The molecule has 1 aliphatic rings. The number of hydrogen-bond donors (Lipinski definition) is 1. The summed E-state index contributed by atoms with van der Waals surface area (Å²) >= 11 is 0. The number of hydrogen-bond acceptors (Lipinski definition) is 3. The molecule has 4 heteroatoms. The molecule has 0 saturated heterocycles. The number of para-hydroxylation sites is 1. The zero-order valence-electron chi connectivity index (χ0n) is 11.7. The number of furan rings is 1. The number of amides is 1. The highest BCUT2D eigenvalue weighted by Crippen LogP contribution is 2.34. The number of benzene rings is 1. The number of rotatable bonds is 2. The lowest BCUT2D eigenvalue weighted by Crippen LogP contribution is -2.39. The van der Waals surface area contributed by atoms with Crippen LogP contribution in [0.2, 0.25) is 0 Å². The van der Waals surface area contributed by atoms with Gasteiger partial charge in [-0.3, -0.25) is 4.79 Å². The van der Waals surface area contributed by atoms with Gasteiger partial charge >= 0.3 is 0 Å². The van der Waals surface area contributed by atoms with Crippen LogP contribution in [-0.4, -0.2) is 19.5 Å². The van der Waals surface area contributed by atoms with Crippen LogP contribution in [0.3, 0.4) is 0 Å². The van der Waals surface area contributed by atoms with Gasteiger partial charge in [-0.15, -0.1) is 0 Å². The molecule has 3 rings (SSSR count). The third-order valence-corrected chi connectivity index (χ3v) is 3.93. The lowest BCUT2D eigenvalue weighted by Gasteiger charge is -2.34. The number of anilines is 1. The normalized spacial score (nSPS) is 17.9. The molecule has 1 N–H and O–H groups in total. The molecule has 0 spiro atoms. The summed E-state index contributed by atoms with van der Waals surface area (Å²) in [5.41, 5.74) is 2.81. The van der Waals surface area contributed by atoms with Crippen molar-refractivity contribution in [3.63, 3.8) is 0 Å². The fourth-order valence-electron chi connectivity index (χ4n) is 2.83. The second-order valence-electron chi connectivity index (χ2n) is 5.04. The molecule has 20 heavy (non-hydrogen) atoms. The molecule has 1 atom stereocenters. The van der Waals surface area contributed by atoms with E-state index in [1.165, 1.54) is 5.56 Å². The second kappa shape index (κ2) is 5.13. The fourth-order valence-corrected chi connectivity index (χ4v) is 2.83. The van der Waals surface area contributed by atoms with E-state index in [1.807, 2.05) is 37.1 Å². The van der Waals surface area contributed by atoms with Gasteiger partial charge in [0, 0.05) is 18.3 Å². The Morgan fingerprint density at radius 3 is 2.85 bits per heavy atom. The monoisotopic (exact) mass is 270 g/mol. The predicted molar refractivity (Wildman–Crippen MR) is 78.0 cm³/mol. The lowest BCUT2D eigenvalue weighted by atomic mass is 9.96. The Morgan fingerprint density at radius 1 is 1.35 bits per heavy atom. The molecule has 1 amide bonds. The highest BCUT2D eigenvalue weighted by Gasteiger charge is 2.29. The standard InChI is InChI=1S/C16H18N2O2/c1-11-12(8-10-20-11)16(19)18-9-7-14(17-2)13-5-3-4-6-15(13)18/h3-6,8,10,14,17H,7,9H2,1-2H3. The SMILES string of the molecule is CNC1CCN(C(=O)c2ccoc2C)c2ccccc21. The summed E-state index contributed by atoms with van der Waals surface area (Å²) in [6.45, 7) is 2.53. The minimum Gasteiger partial charge on any atom is -0.469 e. The lowest BCUT2D eigenvalue weighted by molar-refractivity contribution is 0.0982. The molecule has 1 aliphatic heterocycles.